The highest BCUT2D eigenvalue weighted by Gasteiger charge is 2.06. The summed E-state index contributed by atoms with van der Waals surface area (Å²) < 4.78 is 6.48. The maximum absolute atomic E-state index is 11.1. The molecule has 0 N–H and O–H groups in total. The van der Waals surface area contributed by atoms with E-state index in [1.54, 1.807) is 24.0 Å². The van der Waals surface area contributed by atoms with Gasteiger partial charge in [-0.2, -0.15) is 0 Å². The molecule has 0 aliphatic carbocycles. The Hall–Kier alpha value is -2.01. The molecule has 19 heavy (non-hydrogen) atoms. The lowest BCUT2D eigenvalue weighted by Gasteiger charge is -2.02. The minimum Gasteiger partial charge on any atom is -0.466 e. The molecule has 1 heterocycles. The number of hydrogen-bond acceptors (Lipinski definition) is 4. The molecule has 0 radical (unpaired) electrons. The van der Waals surface area contributed by atoms with E-state index in [0.717, 1.165) is 15.7 Å². The van der Waals surface area contributed by atoms with Crippen LogP contribution in [0.1, 0.15) is 5.69 Å². The van der Waals surface area contributed by atoms with Crippen molar-refractivity contribution in [2.45, 2.75) is 10.1 Å². The first-order valence-electron chi connectivity index (χ1n) is 5.71. The number of rotatable bonds is 4. The molecule has 0 atom stereocenters. The molecule has 0 aliphatic rings. The second kappa shape index (κ2) is 6.24. The minimum absolute atomic E-state index is 0.376. The van der Waals surface area contributed by atoms with Gasteiger partial charge in [-0.1, -0.05) is 30.0 Å². The molecule has 4 nitrogen and oxygen atoms in total. The first-order chi connectivity index (χ1) is 9.20. The summed E-state index contributed by atoms with van der Waals surface area (Å²) in [5, 5.41) is 0.871. The SMILES string of the molecule is COC(=O)/C=C/c1cnc(Sc2ccccc2)n1C. The van der Waals surface area contributed by atoms with Crippen LogP contribution in [0, 0.1) is 0 Å². The number of nitrogens with zero attached hydrogens (tertiary/aromatic N) is 2. The van der Waals surface area contributed by atoms with Crippen molar-refractivity contribution in [1.29, 1.82) is 0 Å². The molecule has 0 unspecified atom stereocenters. The Balaban J connectivity index is 2.14. The lowest BCUT2D eigenvalue weighted by atomic mass is 10.4. The zero-order valence-electron chi connectivity index (χ0n) is 10.7. The van der Waals surface area contributed by atoms with Gasteiger partial charge in [0.25, 0.3) is 0 Å². The summed E-state index contributed by atoms with van der Waals surface area (Å²) in [6.45, 7) is 0. The molecular formula is C14H14N2O2S. The normalized spacial score (nSPS) is 10.8. The van der Waals surface area contributed by atoms with Crippen molar-refractivity contribution in [2.24, 2.45) is 7.05 Å². The van der Waals surface area contributed by atoms with Crippen LogP contribution in [-0.2, 0) is 16.6 Å². The fourth-order valence-electron chi connectivity index (χ4n) is 1.47. The van der Waals surface area contributed by atoms with Gasteiger partial charge in [0.1, 0.15) is 0 Å². The first kappa shape index (κ1) is 13.4. The second-order valence-corrected chi connectivity index (χ2v) is 4.84. The molecule has 0 bridgehead atoms. The molecule has 5 heteroatoms. The fraction of sp³-hybridized carbons (Fsp3) is 0.143. The zero-order valence-corrected chi connectivity index (χ0v) is 11.6. The average Bonchev–Trinajstić information content (AvgIpc) is 2.78. The predicted molar refractivity (Wildman–Crippen MR) is 74.8 cm³/mol. The standard InChI is InChI=1S/C14H14N2O2S/c1-16-11(8-9-13(17)18-2)10-15-14(16)19-12-6-4-3-5-7-12/h3-10H,1-2H3/b9-8+. The average molecular weight is 274 g/mol. The van der Waals surface area contributed by atoms with Gasteiger partial charge < -0.3 is 9.30 Å². The third-order valence-corrected chi connectivity index (χ3v) is 3.59. The number of methoxy groups -OCH3 is 1. The summed E-state index contributed by atoms with van der Waals surface area (Å²) in [4.78, 5) is 16.5. The van der Waals surface area contributed by atoms with E-state index in [1.807, 2.05) is 41.9 Å². The Kier molecular flexibility index (Phi) is 4.41. The van der Waals surface area contributed by atoms with Crippen molar-refractivity contribution in [2.75, 3.05) is 7.11 Å². The van der Waals surface area contributed by atoms with Crippen LogP contribution in [0.25, 0.3) is 6.08 Å². The third-order valence-electron chi connectivity index (χ3n) is 2.53. The van der Waals surface area contributed by atoms with E-state index in [1.165, 1.54) is 13.2 Å². The number of carbonyl (C=O) groups excluding carboxylic acids is 1. The van der Waals surface area contributed by atoms with E-state index in [9.17, 15) is 4.79 Å². The lowest BCUT2D eigenvalue weighted by Crippen LogP contribution is -1.96. The Morgan fingerprint density at radius 3 is 2.79 bits per heavy atom. The first-order valence-corrected chi connectivity index (χ1v) is 6.53. The van der Waals surface area contributed by atoms with E-state index in [0.29, 0.717) is 0 Å². The van der Waals surface area contributed by atoms with Crippen molar-refractivity contribution >= 4 is 23.8 Å². The summed E-state index contributed by atoms with van der Waals surface area (Å²) in [5.41, 5.74) is 0.851. The second-order valence-electron chi connectivity index (χ2n) is 3.80. The highest BCUT2D eigenvalue weighted by atomic mass is 32.2. The molecule has 0 saturated carbocycles. The van der Waals surface area contributed by atoms with Crippen LogP contribution in [0.3, 0.4) is 0 Å². The van der Waals surface area contributed by atoms with E-state index >= 15 is 0 Å². The van der Waals surface area contributed by atoms with Gasteiger partial charge in [-0.05, 0) is 18.2 Å². The van der Waals surface area contributed by atoms with Crippen LogP contribution in [0.15, 0.2) is 52.7 Å². The number of carbonyl (C=O) groups is 1. The van der Waals surface area contributed by atoms with Gasteiger partial charge in [0, 0.05) is 18.0 Å². The summed E-state index contributed by atoms with van der Waals surface area (Å²) >= 11 is 1.58. The molecule has 2 rings (SSSR count). The minimum atomic E-state index is -0.376. The van der Waals surface area contributed by atoms with Crippen molar-refractivity contribution in [3.05, 3.63) is 48.3 Å². The Labute approximate surface area is 116 Å². The number of benzene rings is 1. The van der Waals surface area contributed by atoms with Crippen LogP contribution in [0.2, 0.25) is 0 Å². The quantitative estimate of drug-likeness (QED) is 0.635. The Morgan fingerprint density at radius 1 is 1.37 bits per heavy atom. The van der Waals surface area contributed by atoms with Gasteiger partial charge in [0.2, 0.25) is 0 Å². The van der Waals surface area contributed by atoms with Crippen LogP contribution in [0.5, 0.6) is 0 Å². The van der Waals surface area contributed by atoms with Gasteiger partial charge in [-0.25, -0.2) is 9.78 Å². The Bertz CT molecular complexity index is 591. The van der Waals surface area contributed by atoms with Gasteiger partial charge in [-0.3, -0.25) is 0 Å². The van der Waals surface area contributed by atoms with E-state index in [-0.39, 0.29) is 5.97 Å². The highest BCUT2D eigenvalue weighted by Crippen LogP contribution is 2.26. The molecule has 2 aromatic rings. The van der Waals surface area contributed by atoms with Crippen molar-refractivity contribution in [3.63, 3.8) is 0 Å². The van der Waals surface area contributed by atoms with Crippen LogP contribution in [0.4, 0.5) is 0 Å². The van der Waals surface area contributed by atoms with Gasteiger partial charge in [0.05, 0.1) is 19.0 Å². The molecule has 1 aromatic carbocycles. The number of aromatic nitrogens is 2. The van der Waals surface area contributed by atoms with Gasteiger partial charge in [0.15, 0.2) is 5.16 Å². The maximum Gasteiger partial charge on any atom is 0.330 e. The van der Waals surface area contributed by atoms with E-state index in [4.69, 9.17) is 0 Å². The molecule has 0 fully saturated rings. The molecular weight excluding hydrogens is 260 g/mol. The largest absolute Gasteiger partial charge is 0.466 e. The number of esters is 1. The van der Waals surface area contributed by atoms with Gasteiger partial charge >= 0.3 is 5.97 Å². The smallest absolute Gasteiger partial charge is 0.330 e. The van der Waals surface area contributed by atoms with E-state index in [2.05, 4.69) is 9.72 Å². The third kappa shape index (κ3) is 3.48. The van der Waals surface area contributed by atoms with Crippen LogP contribution in [-0.4, -0.2) is 22.6 Å². The molecule has 0 saturated heterocycles. The number of imidazole rings is 1. The predicted octanol–water partition coefficient (Wildman–Crippen LogP) is 2.76. The Morgan fingerprint density at radius 2 is 2.11 bits per heavy atom. The fourth-order valence-corrected chi connectivity index (χ4v) is 2.32. The summed E-state index contributed by atoms with van der Waals surface area (Å²) in [5.74, 6) is -0.376. The van der Waals surface area contributed by atoms with Crippen LogP contribution < -0.4 is 0 Å². The molecule has 0 aliphatic heterocycles. The number of hydrogen-bond donors (Lipinski definition) is 0. The van der Waals surface area contributed by atoms with Gasteiger partial charge in [-0.15, -0.1) is 0 Å². The summed E-state index contributed by atoms with van der Waals surface area (Å²) in [6, 6.07) is 10.0. The lowest BCUT2D eigenvalue weighted by molar-refractivity contribution is -0.134. The molecule has 1 aromatic heterocycles. The van der Waals surface area contributed by atoms with Crippen molar-refractivity contribution in [3.8, 4) is 0 Å². The maximum atomic E-state index is 11.1. The highest BCUT2D eigenvalue weighted by molar-refractivity contribution is 7.99. The monoisotopic (exact) mass is 274 g/mol. The van der Waals surface area contributed by atoms with Crippen molar-refractivity contribution in [1.82, 2.24) is 9.55 Å². The summed E-state index contributed by atoms with van der Waals surface area (Å²) in [7, 11) is 3.27. The van der Waals surface area contributed by atoms with E-state index < -0.39 is 0 Å². The molecule has 0 amide bonds. The number of ether oxygens (including phenoxy) is 1. The summed E-state index contributed by atoms with van der Waals surface area (Å²) in [6.07, 6.45) is 4.80. The zero-order chi connectivity index (χ0) is 13.7. The topological polar surface area (TPSA) is 44.1 Å². The molecule has 0 spiro atoms. The van der Waals surface area contributed by atoms with Crippen LogP contribution >= 0.6 is 11.8 Å². The van der Waals surface area contributed by atoms with Crippen molar-refractivity contribution < 1.29 is 9.53 Å². The molecule has 98 valence electrons.